The fraction of sp³-hybridized carbons (Fsp3) is 0.267. The van der Waals surface area contributed by atoms with Crippen LogP contribution in [0.3, 0.4) is 0 Å². The first kappa shape index (κ1) is 15.2. The molecule has 0 radical (unpaired) electrons. The molecule has 0 saturated carbocycles. The highest BCUT2D eigenvalue weighted by atomic mass is 19.4. The Kier molecular flexibility index (Phi) is 4.35. The lowest BCUT2D eigenvalue weighted by atomic mass is 10.1. The zero-order valence-corrected chi connectivity index (χ0v) is 11.6. The van der Waals surface area contributed by atoms with Crippen LogP contribution in [0.4, 0.5) is 18.9 Å². The van der Waals surface area contributed by atoms with Gasteiger partial charge < -0.3 is 10.1 Å². The van der Waals surface area contributed by atoms with Crippen LogP contribution >= 0.6 is 0 Å². The fourth-order valence-corrected chi connectivity index (χ4v) is 1.93. The quantitative estimate of drug-likeness (QED) is 0.904. The molecule has 3 nitrogen and oxygen atoms in total. The number of halogens is 3. The molecule has 0 aliphatic rings. The van der Waals surface area contributed by atoms with Crippen molar-refractivity contribution in [3.8, 4) is 5.75 Å². The third kappa shape index (κ3) is 4.66. The number of nitrogens with one attached hydrogen (secondary N) is 1. The fourth-order valence-electron chi connectivity index (χ4n) is 1.93. The van der Waals surface area contributed by atoms with Crippen molar-refractivity contribution < 1.29 is 17.9 Å². The third-order valence-electron chi connectivity index (χ3n) is 2.89. The van der Waals surface area contributed by atoms with Crippen LogP contribution in [0.15, 0.2) is 42.6 Å². The lowest BCUT2D eigenvalue weighted by Crippen LogP contribution is -2.17. The van der Waals surface area contributed by atoms with E-state index in [-0.39, 0.29) is 11.8 Å². The van der Waals surface area contributed by atoms with Crippen LogP contribution in [-0.4, -0.2) is 11.3 Å². The van der Waals surface area contributed by atoms with Gasteiger partial charge in [0.1, 0.15) is 5.75 Å². The van der Waals surface area contributed by atoms with E-state index in [0.717, 1.165) is 16.9 Å². The second-order valence-electron chi connectivity index (χ2n) is 4.67. The van der Waals surface area contributed by atoms with E-state index in [1.54, 1.807) is 18.3 Å². The van der Waals surface area contributed by atoms with Gasteiger partial charge >= 0.3 is 6.36 Å². The zero-order valence-electron chi connectivity index (χ0n) is 11.6. The summed E-state index contributed by atoms with van der Waals surface area (Å²) in [5, 5.41) is 3.26. The van der Waals surface area contributed by atoms with Gasteiger partial charge in [0.25, 0.3) is 0 Å². The first-order chi connectivity index (χ1) is 9.83. The standard InChI is InChI=1S/C15H15F3N2O/c1-10-9-13(7-8-19-10)20-11(2)12-3-5-14(6-4-12)21-15(16,17)18/h3-9,11H,1-2H3,(H,19,20)/t11-/m0/s1. The molecule has 0 amide bonds. The largest absolute Gasteiger partial charge is 0.573 e. The Balaban J connectivity index is 2.04. The Labute approximate surface area is 120 Å². The molecule has 1 aromatic heterocycles. The first-order valence-electron chi connectivity index (χ1n) is 6.38. The van der Waals surface area contributed by atoms with Gasteiger partial charge in [0, 0.05) is 23.6 Å². The molecule has 2 rings (SSSR count). The summed E-state index contributed by atoms with van der Waals surface area (Å²) in [5.41, 5.74) is 2.66. The van der Waals surface area contributed by atoms with Gasteiger partial charge in [-0.15, -0.1) is 13.2 Å². The van der Waals surface area contributed by atoms with Crippen molar-refractivity contribution in [3.05, 3.63) is 53.9 Å². The number of rotatable bonds is 4. The molecule has 0 aliphatic heterocycles. The number of pyridine rings is 1. The maximum Gasteiger partial charge on any atom is 0.573 e. The Morgan fingerprint density at radius 3 is 2.38 bits per heavy atom. The van der Waals surface area contributed by atoms with Crippen LogP contribution < -0.4 is 10.1 Å². The lowest BCUT2D eigenvalue weighted by Gasteiger charge is -2.16. The number of aromatic nitrogens is 1. The van der Waals surface area contributed by atoms with Crippen LogP contribution in [-0.2, 0) is 0 Å². The number of aryl methyl sites for hydroxylation is 1. The third-order valence-corrected chi connectivity index (χ3v) is 2.89. The van der Waals surface area contributed by atoms with Gasteiger partial charge in [0.05, 0.1) is 0 Å². The number of ether oxygens (including phenoxy) is 1. The predicted octanol–water partition coefficient (Wildman–Crippen LogP) is 4.46. The molecular weight excluding hydrogens is 281 g/mol. The van der Waals surface area contributed by atoms with Crippen molar-refractivity contribution in [2.45, 2.75) is 26.3 Å². The second kappa shape index (κ2) is 6.03. The summed E-state index contributed by atoms with van der Waals surface area (Å²) >= 11 is 0. The van der Waals surface area contributed by atoms with E-state index in [9.17, 15) is 13.2 Å². The van der Waals surface area contributed by atoms with Crippen LogP contribution in [0, 0.1) is 6.92 Å². The normalized spacial score (nSPS) is 12.8. The number of alkyl halides is 3. The maximum atomic E-state index is 12.1. The van der Waals surface area contributed by atoms with E-state index < -0.39 is 6.36 Å². The summed E-state index contributed by atoms with van der Waals surface area (Å²) in [5.74, 6) is -0.224. The van der Waals surface area contributed by atoms with Crippen molar-refractivity contribution in [2.75, 3.05) is 5.32 Å². The number of benzene rings is 1. The van der Waals surface area contributed by atoms with Crippen LogP contribution in [0.25, 0.3) is 0 Å². The molecule has 112 valence electrons. The maximum absolute atomic E-state index is 12.1. The van der Waals surface area contributed by atoms with Gasteiger partial charge in [0.2, 0.25) is 0 Å². The molecule has 1 heterocycles. The minimum absolute atomic E-state index is 0.0493. The Morgan fingerprint density at radius 2 is 1.81 bits per heavy atom. The number of anilines is 1. The Hall–Kier alpha value is -2.24. The highest BCUT2D eigenvalue weighted by Gasteiger charge is 2.30. The summed E-state index contributed by atoms with van der Waals surface area (Å²) in [6.45, 7) is 3.81. The van der Waals surface area contributed by atoms with E-state index >= 15 is 0 Å². The van der Waals surface area contributed by atoms with Gasteiger partial charge in [0.15, 0.2) is 0 Å². The summed E-state index contributed by atoms with van der Waals surface area (Å²) in [6, 6.07) is 9.51. The van der Waals surface area contributed by atoms with Gasteiger partial charge in [-0.2, -0.15) is 0 Å². The summed E-state index contributed by atoms with van der Waals surface area (Å²) in [6.07, 6.45) is -2.97. The smallest absolute Gasteiger partial charge is 0.406 e. The van der Waals surface area contributed by atoms with Crippen LogP contribution in [0.1, 0.15) is 24.2 Å². The average molecular weight is 296 g/mol. The molecule has 6 heteroatoms. The van der Waals surface area contributed by atoms with Crippen molar-refractivity contribution in [3.63, 3.8) is 0 Å². The highest BCUT2D eigenvalue weighted by Crippen LogP contribution is 2.25. The minimum Gasteiger partial charge on any atom is -0.406 e. The first-order valence-corrected chi connectivity index (χ1v) is 6.38. The molecule has 0 unspecified atom stereocenters. The topological polar surface area (TPSA) is 34.1 Å². The molecule has 2 aromatic rings. The SMILES string of the molecule is Cc1cc(N[C@@H](C)c2ccc(OC(F)(F)F)cc2)ccn1. The zero-order chi connectivity index (χ0) is 15.5. The monoisotopic (exact) mass is 296 g/mol. The molecule has 0 bridgehead atoms. The minimum atomic E-state index is -4.67. The van der Waals surface area contributed by atoms with Gasteiger partial charge in [-0.3, -0.25) is 4.98 Å². The summed E-state index contributed by atoms with van der Waals surface area (Å²) in [4.78, 5) is 4.10. The van der Waals surface area contributed by atoms with Crippen LogP contribution in [0.2, 0.25) is 0 Å². The van der Waals surface area contributed by atoms with Gasteiger partial charge in [-0.05, 0) is 43.7 Å². The summed E-state index contributed by atoms with van der Waals surface area (Å²) in [7, 11) is 0. The van der Waals surface area contributed by atoms with Crippen LogP contribution in [0.5, 0.6) is 5.75 Å². The second-order valence-corrected chi connectivity index (χ2v) is 4.67. The van der Waals surface area contributed by atoms with E-state index in [0.29, 0.717) is 0 Å². The molecule has 0 fully saturated rings. The molecule has 1 N–H and O–H groups in total. The highest BCUT2D eigenvalue weighted by molar-refractivity contribution is 5.45. The Bertz CT molecular complexity index is 597. The molecule has 0 saturated heterocycles. The predicted molar refractivity (Wildman–Crippen MR) is 74.1 cm³/mol. The molecular formula is C15H15F3N2O. The Morgan fingerprint density at radius 1 is 1.14 bits per heavy atom. The van der Waals surface area contributed by atoms with Gasteiger partial charge in [-0.1, -0.05) is 12.1 Å². The number of hydrogen-bond donors (Lipinski definition) is 1. The summed E-state index contributed by atoms with van der Waals surface area (Å²) < 4.78 is 40.1. The van der Waals surface area contributed by atoms with E-state index in [1.807, 2.05) is 26.0 Å². The molecule has 0 aliphatic carbocycles. The van der Waals surface area contributed by atoms with Crippen molar-refractivity contribution in [2.24, 2.45) is 0 Å². The molecule has 1 atom stereocenters. The van der Waals surface area contributed by atoms with E-state index in [2.05, 4.69) is 15.0 Å². The van der Waals surface area contributed by atoms with Gasteiger partial charge in [-0.25, -0.2) is 0 Å². The number of nitrogens with zero attached hydrogens (tertiary/aromatic N) is 1. The van der Waals surface area contributed by atoms with Crippen molar-refractivity contribution in [1.82, 2.24) is 4.98 Å². The number of hydrogen-bond acceptors (Lipinski definition) is 3. The molecule has 21 heavy (non-hydrogen) atoms. The average Bonchev–Trinajstić information content (AvgIpc) is 2.37. The van der Waals surface area contributed by atoms with E-state index in [1.165, 1.54) is 12.1 Å². The lowest BCUT2D eigenvalue weighted by molar-refractivity contribution is -0.274. The van der Waals surface area contributed by atoms with E-state index in [4.69, 9.17) is 0 Å². The molecule has 0 spiro atoms. The molecule has 1 aromatic carbocycles. The van der Waals surface area contributed by atoms with Crippen molar-refractivity contribution in [1.29, 1.82) is 0 Å². The van der Waals surface area contributed by atoms with Crippen molar-refractivity contribution >= 4 is 5.69 Å².